The van der Waals surface area contributed by atoms with Crippen molar-refractivity contribution in [2.75, 3.05) is 0 Å². The van der Waals surface area contributed by atoms with Crippen LogP contribution in [0, 0.1) is 0 Å². The number of carbonyl (C=O) groups is 1. The number of benzene rings is 1. The molecule has 1 heterocycles. The molecule has 0 spiro atoms. The van der Waals surface area contributed by atoms with Crippen LogP contribution in [0.3, 0.4) is 0 Å². The minimum absolute atomic E-state index is 0.680. The molecule has 0 radical (unpaired) electrons. The number of rotatable bonds is 4. The van der Waals surface area contributed by atoms with E-state index in [1.807, 2.05) is 18.2 Å². The van der Waals surface area contributed by atoms with Gasteiger partial charge in [-0.05, 0) is 30.0 Å². The van der Waals surface area contributed by atoms with E-state index < -0.39 is 17.5 Å². The molecule has 1 aliphatic rings. The summed E-state index contributed by atoms with van der Waals surface area (Å²) in [6.07, 6.45) is 4.22. The highest BCUT2D eigenvalue weighted by molar-refractivity contribution is 5.84. The van der Waals surface area contributed by atoms with Crippen LogP contribution in [0.2, 0.25) is 0 Å². The molecule has 1 fully saturated rings. The third kappa shape index (κ3) is 1.94. The Morgan fingerprint density at radius 3 is 2.32 bits per heavy atom. The van der Waals surface area contributed by atoms with Crippen LogP contribution in [0.4, 0.5) is 0 Å². The highest BCUT2D eigenvalue weighted by atomic mass is 16.4. The van der Waals surface area contributed by atoms with Gasteiger partial charge in [0.15, 0.2) is 0 Å². The Morgan fingerprint density at radius 1 is 1.16 bits per heavy atom. The van der Waals surface area contributed by atoms with Crippen molar-refractivity contribution < 1.29 is 15.0 Å². The predicted molar refractivity (Wildman–Crippen MR) is 69.8 cm³/mol. The lowest BCUT2D eigenvalue weighted by Crippen LogP contribution is -2.19. The number of nitrogens with one attached hydrogen (secondary N) is 1. The molecule has 1 aromatic carbocycles. The van der Waals surface area contributed by atoms with Crippen molar-refractivity contribution in [2.24, 2.45) is 0 Å². The molecule has 3 rings (SSSR count). The van der Waals surface area contributed by atoms with Crippen LogP contribution in [0.1, 0.15) is 35.6 Å². The molecule has 2 aromatic rings. The molecule has 1 aliphatic carbocycles. The van der Waals surface area contributed by atoms with Gasteiger partial charge in [0.05, 0.1) is 5.41 Å². The van der Waals surface area contributed by atoms with E-state index >= 15 is 0 Å². The highest BCUT2D eigenvalue weighted by Gasteiger charge is 2.51. The van der Waals surface area contributed by atoms with Crippen molar-refractivity contribution >= 4 is 5.97 Å². The molecular weight excluding hydrogens is 242 g/mol. The summed E-state index contributed by atoms with van der Waals surface area (Å²) in [5, 5.41) is 19.4. The number of carboxylic acid groups (broad SMARTS) is 1. The first-order valence-corrected chi connectivity index (χ1v) is 6.28. The lowest BCUT2D eigenvalue weighted by molar-refractivity contribution is -0.140. The molecule has 4 heteroatoms. The van der Waals surface area contributed by atoms with Crippen LogP contribution in [0.15, 0.2) is 42.7 Å². The van der Waals surface area contributed by atoms with Crippen LogP contribution in [0.5, 0.6) is 0 Å². The van der Waals surface area contributed by atoms with Crippen LogP contribution < -0.4 is 0 Å². The molecule has 1 aromatic heterocycles. The molecule has 0 bridgehead atoms. The van der Waals surface area contributed by atoms with E-state index in [0.29, 0.717) is 12.8 Å². The zero-order chi connectivity index (χ0) is 13.5. The number of H-pyrrole nitrogens is 1. The van der Waals surface area contributed by atoms with Crippen molar-refractivity contribution in [2.45, 2.75) is 24.4 Å². The number of aromatic nitrogens is 1. The van der Waals surface area contributed by atoms with Crippen molar-refractivity contribution in [3.63, 3.8) is 0 Å². The van der Waals surface area contributed by atoms with Crippen LogP contribution in [-0.4, -0.2) is 21.2 Å². The van der Waals surface area contributed by atoms with Crippen molar-refractivity contribution in [1.82, 2.24) is 4.98 Å². The third-order valence-corrected chi connectivity index (χ3v) is 3.88. The second kappa shape index (κ2) is 4.24. The van der Waals surface area contributed by atoms with Gasteiger partial charge in [-0.15, -0.1) is 0 Å². The second-order valence-corrected chi connectivity index (χ2v) is 5.06. The molecule has 98 valence electrons. The van der Waals surface area contributed by atoms with E-state index in [2.05, 4.69) is 4.98 Å². The van der Waals surface area contributed by atoms with Gasteiger partial charge in [0.1, 0.15) is 6.10 Å². The quantitative estimate of drug-likeness (QED) is 0.786. The van der Waals surface area contributed by atoms with E-state index in [4.69, 9.17) is 0 Å². The van der Waals surface area contributed by atoms with Gasteiger partial charge < -0.3 is 15.2 Å². The van der Waals surface area contributed by atoms with Gasteiger partial charge in [0.2, 0.25) is 0 Å². The van der Waals surface area contributed by atoms with Crippen molar-refractivity contribution in [1.29, 1.82) is 0 Å². The third-order valence-electron chi connectivity index (χ3n) is 3.88. The fraction of sp³-hybridized carbons (Fsp3) is 0.267. The van der Waals surface area contributed by atoms with E-state index in [9.17, 15) is 15.0 Å². The topological polar surface area (TPSA) is 73.3 Å². The van der Waals surface area contributed by atoms with E-state index in [1.165, 1.54) is 0 Å². The SMILES string of the molecule is O=C(O)C1(c2ccc(C(O)c3cc[nH]c3)cc2)CC1. The highest BCUT2D eigenvalue weighted by Crippen LogP contribution is 2.48. The second-order valence-electron chi connectivity index (χ2n) is 5.06. The first-order valence-electron chi connectivity index (χ1n) is 6.28. The van der Waals surface area contributed by atoms with Crippen LogP contribution >= 0.6 is 0 Å². The minimum atomic E-state index is -0.758. The molecule has 19 heavy (non-hydrogen) atoms. The molecule has 1 atom stereocenters. The number of aromatic amines is 1. The maximum absolute atomic E-state index is 11.2. The van der Waals surface area contributed by atoms with Gasteiger partial charge in [-0.3, -0.25) is 4.79 Å². The zero-order valence-corrected chi connectivity index (χ0v) is 10.3. The van der Waals surface area contributed by atoms with Crippen molar-refractivity contribution in [3.8, 4) is 0 Å². The first kappa shape index (κ1) is 12.0. The summed E-state index contributed by atoms with van der Waals surface area (Å²) < 4.78 is 0. The Morgan fingerprint density at radius 2 is 1.84 bits per heavy atom. The molecule has 3 N–H and O–H groups in total. The maximum Gasteiger partial charge on any atom is 0.314 e. The fourth-order valence-electron chi connectivity index (χ4n) is 2.43. The lowest BCUT2D eigenvalue weighted by Gasteiger charge is -2.13. The largest absolute Gasteiger partial charge is 0.481 e. The van der Waals surface area contributed by atoms with E-state index in [1.54, 1.807) is 24.5 Å². The number of aliphatic carboxylic acids is 1. The van der Waals surface area contributed by atoms with Gasteiger partial charge in [0.25, 0.3) is 0 Å². The Labute approximate surface area is 110 Å². The fourth-order valence-corrected chi connectivity index (χ4v) is 2.43. The average Bonchev–Trinajstić information content (AvgIpc) is 3.07. The normalized spacial score (nSPS) is 17.9. The molecule has 0 aliphatic heterocycles. The molecule has 1 unspecified atom stereocenters. The summed E-state index contributed by atoms with van der Waals surface area (Å²) >= 11 is 0. The number of aliphatic hydroxyl groups excluding tert-OH is 1. The molecular formula is C15H15NO3. The molecule has 0 saturated heterocycles. The van der Waals surface area contributed by atoms with E-state index in [-0.39, 0.29) is 0 Å². The minimum Gasteiger partial charge on any atom is -0.481 e. The molecule has 0 amide bonds. The Bertz CT molecular complexity index is 582. The summed E-state index contributed by atoms with van der Waals surface area (Å²) in [6.45, 7) is 0. The smallest absolute Gasteiger partial charge is 0.314 e. The molecule has 4 nitrogen and oxygen atoms in total. The Hall–Kier alpha value is -2.07. The van der Waals surface area contributed by atoms with Crippen LogP contribution in [0.25, 0.3) is 0 Å². The monoisotopic (exact) mass is 257 g/mol. The standard InChI is InChI=1S/C15H15NO3/c17-13(11-5-8-16-9-11)10-1-3-12(4-2-10)15(6-7-15)14(18)19/h1-5,8-9,13,16-17H,6-7H2,(H,18,19). The maximum atomic E-state index is 11.2. The van der Waals surface area contributed by atoms with Gasteiger partial charge in [-0.25, -0.2) is 0 Å². The summed E-state index contributed by atoms with van der Waals surface area (Å²) in [4.78, 5) is 14.1. The Kier molecular flexibility index (Phi) is 2.68. The van der Waals surface area contributed by atoms with Gasteiger partial charge in [0, 0.05) is 18.0 Å². The van der Waals surface area contributed by atoms with E-state index in [0.717, 1.165) is 16.7 Å². The molecule has 1 saturated carbocycles. The summed E-state index contributed by atoms with van der Waals surface area (Å²) in [5.41, 5.74) is 1.71. The number of carboxylic acids is 1. The number of aliphatic hydroxyl groups is 1. The zero-order valence-electron chi connectivity index (χ0n) is 10.3. The van der Waals surface area contributed by atoms with Gasteiger partial charge in [-0.1, -0.05) is 24.3 Å². The van der Waals surface area contributed by atoms with Crippen LogP contribution in [-0.2, 0) is 10.2 Å². The Balaban J connectivity index is 1.86. The van der Waals surface area contributed by atoms with Gasteiger partial charge >= 0.3 is 5.97 Å². The average molecular weight is 257 g/mol. The van der Waals surface area contributed by atoms with Crippen molar-refractivity contribution in [3.05, 3.63) is 59.4 Å². The summed E-state index contributed by atoms with van der Waals surface area (Å²) in [7, 11) is 0. The first-order chi connectivity index (χ1) is 9.13. The number of hydrogen-bond acceptors (Lipinski definition) is 2. The lowest BCUT2D eigenvalue weighted by atomic mass is 9.93. The number of hydrogen-bond donors (Lipinski definition) is 3. The van der Waals surface area contributed by atoms with Gasteiger partial charge in [-0.2, -0.15) is 0 Å². The predicted octanol–water partition coefficient (Wildman–Crippen LogP) is 2.21. The summed E-state index contributed by atoms with van der Waals surface area (Å²) in [5.74, 6) is -0.758. The summed E-state index contributed by atoms with van der Waals surface area (Å²) in [6, 6.07) is 9.04.